The monoisotopic (exact) mass is 354 g/mol. The number of hydrogen-bond donors (Lipinski definition) is 2. The summed E-state index contributed by atoms with van der Waals surface area (Å²) in [7, 11) is -2.52. The van der Waals surface area contributed by atoms with Gasteiger partial charge in [0.25, 0.3) is 15.9 Å². The SMILES string of the molecule is COc1ccc(S(=O)(=O)NC(=O)C(NC(C)=O)C2CCCC2)cc1. The number of amides is 2. The maximum absolute atomic E-state index is 12.4. The van der Waals surface area contributed by atoms with E-state index in [1.54, 1.807) is 0 Å². The van der Waals surface area contributed by atoms with E-state index in [9.17, 15) is 18.0 Å². The molecule has 0 spiro atoms. The van der Waals surface area contributed by atoms with Gasteiger partial charge in [-0.2, -0.15) is 0 Å². The van der Waals surface area contributed by atoms with E-state index in [0.29, 0.717) is 5.75 Å². The largest absolute Gasteiger partial charge is 0.497 e. The van der Waals surface area contributed by atoms with E-state index in [1.165, 1.54) is 38.3 Å². The second-order valence-corrected chi connectivity index (χ2v) is 7.55. The van der Waals surface area contributed by atoms with Crippen LogP contribution in [0.2, 0.25) is 0 Å². The zero-order valence-electron chi connectivity index (χ0n) is 13.7. The Morgan fingerprint density at radius 3 is 2.25 bits per heavy atom. The van der Waals surface area contributed by atoms with Crippen LogP contribution in [0.5, 0.6) is 5.75 Å². The molecule has 1 saturated carbocycles. The van der Waals surface area contributed by atoms with E-state index in [-0.39, 0.29) is 16.7 Å². The van der Waals surface area contributed by atoms with Crippen LogP contribution in [0.1, 0.15) is 32.6 Å². The second kappa shape index (κ2) is 7.65. The maximum Gasteiger partial charge on any atom is 0.264 e. The molecule has 2 N–H and O–H groups in total. The van der Waals surface area contributed by atoms with Crippen molar-refractivity contribution in [3.63, 3.8) is 0 Å². The molecule has 2 rings (SSSR count). The van der Waals surface area contributed by atoms with Gasteiger partial charge >= 0.3 is 0 Å². The molecule has 1 aromatic carbocycles. The van der Waals surface area contributed by atoms with Crippen LogP contribution < -0.4 is 14.8 Å². The zero-order valence-corrected chi connectivity index (χ0v) is 14.6. The smallest absolute Gasteiger partial charge is 0.264 e. The van der Waals surface area contributed by atoms with Gasteiger partial charge in [-0.1, -0.05) is 12.8 Å². The van der Waals surface area contributed by atoms with Crippen molar-refractivity contribution >= 4 is 21.8 Å². The Balaban J connectivity index is 2.15. The first-order chi connectivity index (χ1) is 11.3. The van der Waals surface area contributed by atoms with E-state index in [1.807, 2.05) is 0 Å². The lowest BCUT2D eigenvalue weighted by molar-refractivity contribution is -0.128. The third kappa shape index (κ3) is 4.47. The summed E-state index contributed by atoms with van der Waals surface area (Å²) in [6, 6.07) is 4.88. The summed E-state index contributed by atoms with van der Waals surface area (Å²) in [5.74, 6) is -0.584. The van der Waals surface area contributed by atoms with Gasteiger partial charge in [0, 0.05) is 6.92 Å². The minimum atomic E-state index is -4.00. The fourth-order valence-corrected chi connectivity index (χ4v) is 3.92. The first-order valence-corrected chi connectivity index (χ1v) is 9.29. The highest BCUT2D eigenvalue weighted by Gasteiger charge is 2.33. The quantitative estimate of drug-likeness (QED) is 0.799. The van der Waals surface area contributed by atoms with Gasteiger partial charge in [-0.25, -0.2) is 13.1 Å². The van der Waals surface area contributed by atoms with Crippen LogP contribution in [0.15, 0.2) is 29.2 Å². The van der Waals surface area contributed by atoms with Crippen molar-refractivity contribution in [2.45, 2.75) is 43.5 Å². The summed E-state index contributed by atoms with van der Waals surface area (Å²) in [4.78, 5) is 23.8. The van der Waals surface area contributed by atoms with E-state index in [4.69, 9.17) is 4.74 Å². The number of carbonyl (C=O) groups is 2. The highest BCUT2D eigenvalue weighted by Crippen LogP contribution is 2.28. The number of rotatable bonds is 6. The molecular formula is C16H22N2O5S. The van der Waals surface area contributed by atoms with Crippen LogP contribution in [0.3, 0.4) is 0 Å². The topological polar surface area (TPSA) is 102 Å². The summed E-state index contributed by atoms with van der Waals surface area (Å²) >= 11 is 0. The van der Waals surface area contributed by atoms with Crippen LogP contribution in [0.4, 0.5) is 0 Å². The van der Waals surface area contributed by atoms with E-state index < -0.39 is 22.0 Å². The molecule has 1 fully saturated rings. The molecule has 24 heavy (non-hydrogen) atoms. The average Bonchev–Trinajstić information content (AvgIpc) is 3.06. The number of carbonyl (C=O) groups excluding carboxylic acids is 2. The van der Waals surface area contributed by atoms with Gasteiger partial charge in [-0.3, -0.25) is 9.59 Å². The van der Waals surface area contributed by atoms with Crippen molar-refractivity contribution in [3.8, 4) is 5.75 Å². The lowest BCUT2D eigenvalue weighted by Crippen LogP contribution is -2.51. The van der Waals surface area contributed by atoms with Crippen molar-refractivity contribution < 1.29 is 22.7 Å². The number of sulfonamides is 1. The Kier molecular flexibility index (Phi) is 5.82. The van der Waals surface area contributed by atoms with Crippen molar-refractivity contribution in [1.29, 1.82) is 0 Å². The Hall–Kier alpha value is -2.09. The van der Waals surface area contributed by atoms with Gasteiger partial charge in [0.1, 0.15) is 11.8 Å². The Labute approximate surface area is 141 Å². The van der Waals surface area contributed by atoms with Crippen LogP contribution >= 0.6 is 0 Å². The first kappa shape index (κ1) is 18.3. The summed E-state index contributed by atoms with van der Waals surface area (Å²) in [5.41, 5.74) is 0. The lowest BCUT2D eigenvalue weighted by atomic mass is 9.97. The third-order valence-corrected chi connectivity index (χ3v) is 5.48. The Bertz CT molecular complexity index is 694. The summed E-state index contributed by atoms with van der Waals surface area (Å²) in [5, 5.41) is 2.58. The average molecular weight is 354 g/mol. The first-order valence-electron chi connectivity index (χ1n) is 7.81. The summed E-state index contributed by atoms with van der Waals surface area (Å²) in [6.45, 7) is 1.31. The normalized spacial score (nSPS) is 16.4. The van der Waals surface area contributed by atoms with Crippen LogP contribution in [-0.2, 0) is 19.6 Å². The number of methoxy groups -OCH3 is 1. The van der Waals surface area contributed by atoms with Crippen LogP contribution in [0, 0.1) is 5.92 Å². The maximum atomic E-state index is 12.4. The van der Waals surface area contributed by atoms with E-state index in [2.05, 4.69) is 10.0 Å². The molecule has 0 aliphatic heterocycles. The number of ether oxygens (including phenoxy) is 1. The number of nitrogens with one attached hydrogen (secondary N) is 2. The molecule has 0 aromatic heterocycles. The minimum Gasteiger partial charge on any atom is -0.497 e. The van der Waals surface area contributed by atoms with Gasteiger partial charge in [0.15, 0.2) is 0 Å². The molecule has 1 aromatic rings. The van der Waals surface area contributed by atoms with Crippen LogP contribution in [0.25, 0.3) is 0 Å². The zero-order chi connectivity index (χ0) is 17.7. The molecule has 7 nitrogen and oxygen atoms in total. The fraction of sp³-hybridized carbons (Fsp3) is 0.500. The molecule has 1 aliphatic rings. The van der Waals surface area contributed by atoms with E-state index in [0.717, 1.165) is 25.7 Å². The van der Waals surface area contributed by atoms with Crippen molar-refractivity contribution in [2.75, 3.05) is 7.11 Å². The van der Waals surface area contributed by atoms with Gasteiger partial charge in [-0.05, 0) is 43.0 Å². The van der Waals surface area contributed by atoms with Gasteiger partial charge in [0.05, 0.1) is 12.0 Å². The standard InChI is InChI=1S/C16H22N2O5S/c1-11(19)17-15(12-5-3-4-6-12)16(20)18-24(21,22)14-9-7-13(23-2)8-10-14/h7-10,12,15H,3-6H2,1-2H3,(H,17,19)(H,18,20). The van der Waals surface area contributed by atoms with Crippen molar-refractivity contribution in [1.82, 2.24) is 10.0 Å². The van der Waals surface area contributed by atoms with Crippen LogP contribution in [-0.4, -0.2) is 33.4 Å². The number of hydrogen-bond acceptors (Lipinski definition) is 5. The molecule has 1 aliphatic carbocycles. The van der Waals surface area contributed by atoms with Gasteiger partial charge in [-0.15, -0.1) is 0 Å². The molecule has 132 valence electrons. The molecule has 0 bridgehead atoms. The number of benzene rings is 1. The molecular weight excluding hydrogens is 332 g/mol. The Morgan fingerprint density at radius 2 is 1.75 bits per heavy atom. The predicted molar refractivity (Wildman–Crippen MR) is 87.9 cm³/mol. The van der Waals surface area contributed by atoms with E-state index >= 15 is 0 Å². The molecule has 2 amide bonds. The Morgan fingerprint density at radius 1 is 1.17 bits per heavy atom. The molecule has 8 heteroatoms. The summed E-state index contributed by atoms with van der Waals surface area (Å²) in [6.07, 6.45) is 3.53. The molecule has 1 unspecified atom stereocenters. The van der Waals surface area contributed by atoms with Crippen molar-refractivity contribution in [2.24, 2.45) is 5.92 Å². The third-order valence-electron chi connectivity index (χ3n) is 4.12. The minimum absolute atomic E-state index is 0.0374. The fourth-order valence-electron chi connectivity index (χ4n) is 2.92. The predicted octanol–water partition coefficient (Wildman–Crippen LogP) is 1.19. The molecule has 0 saturated heterocycles. The second-order valence-electron chi connectivity index (χ2n) is 5.87. The van der Waals surface area contributed by atoms with Crippen molar-refractivity contribution in [3.05, 3.63) is 24.3 Å². The molecule has 0 heterocycles. The highest BCUT2D eigenvalue weighted by atomic mass is 32.2. The van der Waals surface area contributed by atoms with Gasteiger partial charge < -0.3 is 10.1 Å². The highest BCUT2D eigenvalue weighted by molar-refractivity contribution is 7.90. The molecule has 1 atom stereocenters. The molecule has 0 radical (unpaired) electrons. The van der Waals surface area contributed by atoms with Gasteiger partial charge in [0.2, 0.25) is 5.91 Å². The lowest BCUT2D eigenvalue weighted by Gasteiger charge is -2.23. The summed E-state index contributed by atoms with van der Waals surface area (Å²) < 4.78 is 31.8.